The number of thioether (sulfide) groups is 1. The van der Waals surface area contributed by atoms with Crippen molar-refractivity contribution in [1.82, 2.24) is 0 Å². The van der Waals surface area contributed by atoms with Crippen LogP contribution in [0.2, 0.25) is 0 Å². The van der Waals surface area contributed by atoms with Gasteiger partial charge < -0.3 is 15.2 Å². The minimum atomic E-state index is 0.643. The highest BCUT2D eigenvalue weighted by Crippen LogP contribution is 2.43. The van der Waals surface area contributed by atoms with Crippen molar-refractivity contribution in [2.75, 3.05) is 26.0 Å². The van der Waals surface area contributed by atoms with Crippen LogP contribution in [0.15, 0.2) is 11.0 Å². The Morgan fingerprint density at radius 3 is 3.00 bits per heavy atom. The molecule has 0 fully saturated rings. The molecule has 2 rings (SSSR count). The number of methoxy groups -OCH3 is 1. The quantitative estimate of drug-likeness (QED) is 0.805. The van der Waals surface area contributed by atoms with E-state index in [1.54, 1.807) is 7.11 Å². The molecule has 0 unspecified atom stereocenters. The summed E-state index contributed by atoms with van der Waals surface area (Å²) >= 11 is 1.85. The summed E-state index contributed by atoms with van der Waals surface area (Å²) in [7, 11) is 1.73. The van der Waals surface area contributed by atoms with E-state index in [0.717, 1.165) is 43.1 Å². The van der Waals surface area contributed by atoms with Crippen molar-refractivity contribution in [3.8, 4) is 11.5 Å². The van der Waals surface area contributed by atoms with E-state index in [1.165, 1.54) is 16.0 Å². The highest BCUT2D eigenvalue weighted by molar-refractivity contribution is 7.99. The number of rotatable bonds is 6. The number of benzene rings is 1. The fourth-order valence-electron chi connectivity index (χ4n) is 2.30. The molecule has 4 heteroatoms. The number of nitrogens with two attached hydrogens (primary N) is 1. The Hall–Kier alpha value is -0.870. The normalized spacial score (nSPS) is 13.3. The van der Waals surface area contributed by atoms with Gasteiger partial charge >= 0.3 is 0 Å². The summed E-state index contributed by atoms with van der Waals surface area (Å²) in [5.74, 6) is 3.14. The second kappa shape index (κ2) is 6.34. The molecule has 2 N–H and O–H groups in total. The van der Waals surface area contributed by atoms with Gasteiger partial charge in [-0.3, -0.25) is 0 Å². The third kappa shape index (κ3) is 2.59. The molecule has 1 heterocycles. The van der Waals surface area contributed by atoms with Crippen molar-refractivity contribution in [1.29, 1.82) is 0 Å². The molecule has 0 spiro atoms. The molecule has 3 nitrogen and oxygen atoms in total. The minimum absolute atomic E-state index is 0.643. The maximum atomic E-state index is 5.80. The highest BCUT2D eigenvalue weighted by Gasteiger charge is 2.23. The van der Waals surface area contributed by atoms with E-state index in [1.807, 2.05) is 11.8 Å². The van der Waals surface area contributed by atoms with Gasteiger partial charge in [-0.25, -0.2) is 0 Å². The zero-order chi connectivity index (χ0) is 13.0. The van der Waals surface area contributed by atoms with Crippen molar-refractivity contribution in [3.63, 3.8) is 0 Å². The van der Waals surface area contributed by atoms with E-state index in [-0.39, 0.29) is 0 Å². The summed E-state index contributed by atoms with van der Waals surface area (Å²) in [6.07, 6.45) is 2.99. The fourth-order valence-corrected chi connectivity index (χ4v) is 3.23. The molecule has 0 bridgehead atoms. The smallest absolute Gasteiger partial charge is 0.136 e. The van der Waals surface area contributed by atoms with Crippen LogP contribution in [0.4, 0.5) is 0 Å². The third-order valence-electron chi connectivity index (χ3n) is 3.10. The Labute approximate surface area is 113 Å². The number of ether oxygens (including phenoxy) is 2. The van der Waals surface area contributed by atoms with Crippen LogP contribution in [-0.2, 0) is 12.8 Å². The summed E-state index contributed by atoms with van der Waals surface area (Å²) in [5, 5.41) is 0. The molecule has 1 aliphatic rings. The van der Waals surface area contributed by atoms with E-state index in [4.69, 9.17) is 15.2 Å². The Kier molecular flexibility index (Phi) is 4.78. The molecular formula is C14H21NO2S. The minimum Gasteiger partial charge on any atom is -0.496 e. The molecule has 0 saturated carbocycles. The summed E-state index contributed by atoms with van der Waals surface area (Å²) in [5.41, 5.74) is 8.23. The summed E-state index contributed by atoms with van der Waals surface area (Å²) < 4.78 is 11.3. The lowest BCUT2D eigenvalue weighted by molar-refractivity contribution is 0.348. The second-order valence-electron chi connectivity index (χ2n) is 4.35. The van der Waals surface area contributed by atoms with Crippen LogP contribution in [0, 0.1) is 0 Å². The lowest BCUT2D eigenvalue weighted by Crippen LogP contribution is -2.07. The molecule has 1 aromatic carbocycles. The van der Waals surface area contributed by atoms with E-state index >= 15 is 0 Å². The molecule has 1 aliphatic heterocycles. The molecule has 100 valence electrons. The van der Waals surface area contributed by atoms with Gasteiger partial charge in [0.25, 0.3) is 0 Å². The van der Waals surface area contributed by atoms with E-state index in [0.29, 0.717) is 6.54 Å². The van der Waals surface area contributed by atoms with E-state index in [2.05, 4.69) is 13.0 Å². The van der Waals surface area contributed by atoms with Gasteiger partial charge in [0.05, 0.1) is 18.6 Å². The van der Waals surface area contributed by atoms with Gasteiger partial charge in [-0.05, 0) is 31.2 Å². The zero-order valence-electron chi connectivity index (χ0n) is 11.1. The number of hydrogen-bond acceptors (Lipinski definition) is 4. The molecule has 0 atom stereocenters. The van der Waals surface area contributed by atoms with Crippen molar-refractivity contribution >= 4 is 11.8 Å². The third-order valence-corrected chi connectivity index (χ3v) is 4.32. The van der Waals surface area contributed by atoms with Gasteiger partial charge in [0.1, 0.15) is 11.5 Å². The summed E-state index contributed by atoms with van der Waals surface area (Å²) in [4.78, 5) is 1.21. The maximum absolute atomic E-state index is 5.80. The Bertz CT molecular complexity index is 421. The first-order chi connectivity index (χ1) is 8.81. The van der Waals surface area contributed by atoms with Gasteiger partial charge in [0.15, 0.2) is 0 Å². The molecule has 0 aliphatic carbocycles. The first kappa shape index (κ1) is 13.6. The van der Waals surface area contributed by atoms with Crippen LogP contribution in [0.1, 0.15) is 24.5 Å². The molecule has 0 amide bonds. The van der Waals surface area contributed by atoms with Crippen LogP contribution < -0.4 is 15.2 Å². The van der Waals surface area contributed by atoms with Crippen LogP contribution in [-0.4, -0.2) is 26.0 Å². The largest absolute Gasteiger partial charge is 0.496 e. The van der Waals surface area contributed by atoms with Crippen LogP contribution in [0.25, 0.3) is 0 Å². The van der Waals surface area contributed by atoms with E-state index < -0.39 is 0 Å². The fraction of sp³-hybridized carbons (Fsp3) is 0.571. The summed E-state index contributed by atoms with van der Waals surface area (Å²) in [6, 6.07) is 2.11. The van der Waals surface area contributed by atoms with Crippen LogP contribution >= 0.6 is 11.8 Å². The average molecular weight is 267 g/mol. The predicted octanol–water partition coefficient (Wildman–Crippen LogP) is 2.63. The highest BCUT2D eigenvalue weighted by atomic mass is 32.2. The van der Waals surface area contributed by atoms with Crippen LogP contribution in [0.5, 0.6) is 11.5 Å². The molecular weight excluding hydrogens is 246 g/mol. The number of fused-ring (bicyclic) bond motifs is 1. The van der Waals surface area contributed by atoms with Gasteiger partial charge in [0, 0.05) is 17.5 Å². The SMILES string of the molecule is CCCSc1cc(OC)c(CCN)c2c1OCC2. The van der Waals surface area contributed by atoms with E-state index in [9.17, 15) is 0 Å². The first-order valence-electron chi connectivity index (χ1n) is 6.50. The first-order valence-corrected chi connectivity index (χ1v) is 7.48. The lowest BCUT2D eigenvalue weighted by atomic mass is 10.0. The van der Waals surface area contributed by atoms with Crippen molar-refractivity contribution in [2.24, 2.45) is 5.73 Å². The summed E-state index contributed by atoms with van der Waals surface area (Å²) in [6.45, 7) is 3.61. The van der Waals surface area contributed by atoms with Crippen molar-refractivity contribution < 1.29 is 9.47 Å². The zero-order valence-corrected chi connectivity index (χ0v) is 11.9. The number of hydrogen-bond donors (Lipinski definition) is 1. The topological polar surface area (TPSA) is 44.5 Å². The molecule has 1 aromatic rings. The lowest BCUT2D eigenvalue weighted by Gasteiger charge is -2.15. The Balaban J connectivity index is 2.41. The van der Waals surface area contributed by atoms with Gasteiger partial charge in [-0.1, -0.05) is 6.92 Å². The standard InChI is InChI=1S/C14H21NO2S/c1-3-8-18-13-9-12(16-2)10(4-6-15)11-5-7-17-14(11)13/h9H,3-8,15H2,1-2H3. The second-order valence-corrected chi connectivity index (χ2v) is 5.49. The molecule has 0 radical (unpaired) electrons. The van der Waals surface area contributed by atoms with Gasteiger partial charge in [-0.15, -0.1) is 11.8 Å². The monoisotopic (exact) mass is 267 g/mol. The average Bonchev–Trinajstić information content (AvgIpc) is 2.87. The van der Waals surface area contributed by atoms with Crippen molar-refractivity contribution in [3.05, 3.63) is 17.2 Å². The maximum Gasteiger partial charge on any atom is 0.136 e. The van der Waals surface area contributed by atoms with Gasteiger partial charge in [-0.2, -0.15) is 0 Å². The Morgan fingerprint density at radius 2 is 2.33 bits per heavy atom. The van der Waals surface area contributed by atoms with Crippen LogP contribution in [0.3, 0.4) is 0 Å². The molecule has 18 heavy (non-hydrogen) atoms. The molecule has 0 saturated heterocycles. The Morgan fingerprint density at radius 1 is 1.50 bits per heavy atom. The molecule has 0 aromatic heterocycles. The van der Waals surface area contributed by atoms with Gasteiger partial charge in [0.2, 0.25) is 0 Å². The predicted molar refractivity (Wildman–Crippen MR) is 76.0 cm³/mol. The van der Waals surface area contributed by atoms with Crippen molar-refractivity contribution in [2.45, 2.75) is 31.1 Å².